The summed E-state index contributed by atoms with van der Waals surface area (Å²) < 4.78 is 0. The molecule has 0 bridgehead atoms. The van der Waals surface area contributed by atoms with Crippen LogP contribution in [0.1, 0.15) is 46.7 Å². The molecule has 0 saturated carbocycles. The van der Waals surface area contributed by atoms with Crippen molar-refractivity contribution in [2.24, 2.45) is 0 Å². The van der Waals surface area contributed by atoms with Gasteiger partial charge in [0.1, 0.15) is 6.07 Å². The normalized spacial score (nSPS) is 13.6. The number of halogens is 1. The van der Waals surface area contributed by atoms with Gasteiger partial charge in [-0.3, -0.25) is 0 Å². The largest absolute Gasteiger partial charge is 0.478 e. The number of fused-ring (bicyclic) bond motifs is 1. The van der Waals surface area contributed by atoms with E-state index in [1.54, 1.807) is 6.08 Å². The smallest absolute Gasteiger partial charge is 0.328 e. The van der Waals surface area contributed by atoms with Crippen molar-refractivity contribution in [3.05, 3.63) is 117 Å². The number of nitrogens with zero attached hydrogens (tertiary/aromatic N) is 1. The molecule has 1 N–H and O–H groups in total. The molecular weight excluding hydrogens is 442 g/mol. The number of aryl methyl sites for hydroxylation is 1. The molecule has 0 saturated heterocycles. The number of carboxylic acids is 1. The van der Waals surface area contributed by atoms with Crippen molar-refractivity contribution in [1.82, 2.24) is 0 Å². The van der Waals surface area contributed by atoms with Crippen molar-refractivity contribution in [1.29, 1.82) is 5.26 Å². The van der Waals surface area contributed by atoms with Gasteiger partial charge in [-0.25, -0.2) is 4.79 Å². The third-order valence-electron chi connectivity index (χ3n) is 6.09. The van der Waals surface area contributed by atoms with Gasteiger partial charge in [0.15, 0.2) is 0 Å². The topological polar surface area (TPSA) is 61.1 Å². The van der Waals surface area contributed by atoms with Crippen LogP contribution in [0, 0.1) is 18.3 Å². The maximum atomic E-state index is 10.9. The molecule has 4 heteroatoms. The number of hydrogen-bond acceptors (Lipinski definition) is 2. The average molecular weight is 466 g/mol. The fourth-order valence-corrected chi connectivity index (χ4v) is 4.88. The molecule has 0 amide bonds. The van der Waals surface area contributed by atoms with Gasteiger partial charge >= 0.3 is 5.97 Å². The first-order valence-corrected chi connectivity index (χ1v) is 11.5. The minimum atomic E-state index is -0.987. The van der Waals surface area contributed by atoms with E-state index >= 15 is 0 Å². The molecule has 3 aromatic carbocycles. The lowest BCUT2D eigenvalue weighted by molar-refractivity contribution is -0.131. The molecule has 0 aromatic heterocycles. The third-order valence-corrected chi connectivity index (χ3v) is 6.40. The molecule has 0 aliphatic heterocycles. The lowest BCUT2D eigenvalue weighted by Gasteiger charge is -2.19. The molecule has 3 aromatic rings. The van der Waals surface area contributed by atoms with E-state index < -0.39 is 5.97 Å². The summed E-state index contributed by atoms with van der Waals surface area (Å²) in [6.45, 7) is 4.11. The Morgan fingerprint density at radius 3 is 2.50 bits per heavy atom. The number of aliphatic carboxylic acids is 1. The van der Waals surface area contributed by atoms with E-state index in [-0.39, 0.29) is 0 Å². The maximum absolute atomic E-state index is 10.9. The first kappa shape index (κ1) is 23.3. The van der Waals surface area contributed by atoms with Crippen molar-refractivity contribution in [3.8, 4) is 6.07 Å². The highest BCUT2D eigenvalue weighted by Gasteiger charge is 2.27. The van der Waals surface area contributed by atoms with Crippen LogP contribution in [0.15, 0.2) is 78.4 Å². The summed E-state index contributed by atoms with van der Waals surface area (Å²) >= 11 is 6.72. The van der Waals surface area contributed by atoms with E-state index in [2.05, 4.69) is 31.2 Å². The molecule has 4 rings (SSSR count). The number of nitriles is 1. The molecule has 1 aliphatic rings. The highest BCUT2D eigenvalue weighted by Crippen LogP contribution is 2.44. The Kier molecular flexibility index (Phi) is 6.82. The lowest BCUT2D eigenvalue weighted by Crippen LogP contribution is -1.99. The Bertz CT molecular complexity index is 1400. The number of allylic oxidation sites excluding steroid dienone is 4. The highest BCUT2D eigenvalue weighted by atomic mass is 35.5. The van der Waals surface area contributed by atoms with Crippen molar-refractivity contribution >= 4 is 40.4 Å². The minimum absolute atomic E-state index is 0.669. The number of hydrogen-bond donors (Lipinski definition) is 1. The van der Waals surface area contributed by atoms with Gasteiger partial charge in [-0.2, -0.15) is 5.26 Å². The molecule has 1 aliphatic carbocycles. The first-order valence-electron chi connectivity index (χ1n) is 11.2. The van der Waals surface area contributed by atoms with Crippen LogP contribution >= 0.6 is 11.6 Å². The van der Waals surface area contributed by atoms with Crippen LogP contribution in [-0.2, 0) is 11.2 Å². The Morgan fingerprint density at radius 1 is 1.12 bits per heavy atom. The van der Waals surface area contributed by atoms with E-state index in [1.165, 1.54) is 0 Å². The van der Waals surface area contributed by atoms with Crippen LogP contribution in [0.5, 0.6) is 0 Å². The van der Waals surface area contributed by atoms with Gasteiger partial charge in [0, 0.05) is 17.5 Å². The van der Waals surface area contributed by atoms with Crippen molar-refractivity contribution in [3.63, 3.8) is 0 Å². The molecule has 0 heterocycles. The van der Waals surface area contributed by atoms with Gasteiger partial charge in [0.2, 0.25) is 0 Å². The molecule has 0 fully saturated rings. The monoisotopic (exact) mass is 465 g/mol. The van der Waals surface area contributed by atoms with Gasteiger partial charge in [0.25, 0.3) is 0 Å². The SMILES string of the molecule is CC/C(=C(\C1=C(C#N)c2ccccc2C1)c1ccc(/C=C/C(=O)O)cc1)c1ccc(C)cc1Cl. The van der Waals surface area contributed by atoms with Crippen molar-refractivity contribution in [2.45, 2.75) is 26.7 Å². The fourth-order valence-electron chi connectivity index (χ4n) is 4.53. The van der Waals surface area contributed by atoms with Crippen molar-refractivity contribution in [2.75, 3.05) is 0 Å². The summed E-state index contributed by atoms with van der Waals surface area (Å²) in [5.74, 6) is -0.987. The predicted molar refractivity (Wildman–Crippen MR) is 139 cm³/mol. The summed E-state index contributed by atoms with van der Waals surface area (Å²) in [6, 6.07) is 24.3. The Labute approximate surface area is 205 Å². The van der Waals surface area contributed by atoms with Crippen LogP contribution in [0.2, 0.25) is 5.02 Å². The number of carbonyl (C=O) groups is 1. The van der Waals surface area contributed by atoms with Gasteiger partial charge in [-0.05, 0) is 75.6 Å². The first-order chi connectivity index (χ1) is 16.4. The second-order valence-electron chi connectivity index (χ2n) is 8.28. The summed E-state index contributed by atoms with van der Waals surface area (Å²) in [7, 11) is 0. The zero-order chi connectivity index (χ0) is 24.2. The highest BCUT2D eigenvalue weighted by molar-refractivity contribution is 6.33. The summed E-state index contributed by atoms with van der Waals surface area (Å²) in [6.07, 6.45) is 4.09. The molecule has 34 heavy (non-hydrogen) atoms. The van der Waals surface area contributed by atoms with Crippen LogP contribution in [-0.4, -0.2) is 11.1 Å². The second kappa shape index (κ2) is 9.95. The average Bonchev–Trinajstić information content (AvgIpc) is 3.20. The van der Waals surface area contributed by atoms with E-state index in [9.17, 15) is 10.1 Å². The van der Waals surface area contributed by atoms with Crippen LogP contribution in [0.25, 0.3) is 22.8 Å². The molecular formula is C30H24ClNO2. The quantitative estimate of drug-likeness (QED) is 0.301. The Balaban J connectivity index is 1.97. The molecule has 0 unspecified atom stereocenters. The summed E-state index contributed by atoms with van der Waals surface area (Å²) in [5, 5.41) is 19.8. The number of benzene rings is 3. The van der Waals surface area contributed by atoms with Crippen molar-refractivity contribution < 1.29 is 9.90 Å². The standard InChI is InChI=1S/C30H24ClNO2/c1-3-23(25-14-8-19(2)16-28(25)31)30(21-12-9-20(10-13-21)11-15-29(33)34)26-17-22-6-4-5-7-24(22)27(26)18-32/h4-16H,3,17H2,1-2H3,(H,33,34)/b15-11+,30-23+. The second-order valence-corrected chi connectivity index (χ2v) is 8.69. The Hall–Kier alpha value is -3.87. The molecule has 0 radical (unpaired) electrons. The van der Waals surface area contributed by atoms with Crippen LogP contribution in [0.3, 0.4) is 0 Å². The van der Waals surface area contributed by atoms with Gasteiger partial charge in [0.05, 0.1) is 5.57 Å². The van der Waals surface area contributed by atoms with E-state index in [0.717, 1.165) is 62.6 Å². The fraction of sp³-hybridized carbons (Fsp3) is 0.133. The maximum Gasteiger partial charge on any atom is 0.328 e. The molecule has 0 atom stereocenters. The molecule has 0 spiro atoms. The molecule has 168 valence electrons. The number of rotatable bonds is 6. The van der Waals surface area contributed by atoms with Gasteiger partial charge < -0.3 is 5.11 Å². The zero-order valence-corrected chi connectivity index (χ0v) is 19.9. The minimum Gasteiger partial charge on any atom is -0.478 e. The lowest BCUT2D eigenvalue weighted by atomic mass is 9.85. The summed E-state index contributed by atoms with van der Waals surface area (Å²) in [5.41, 5.74) is 9.69. The predicted octanol–water partition coefficient (Wildman–Crippen LogP) is 7.60. The third kappa shape index (κ3) is 4.59. The number of carboxylic acid groups (broad SMARTS) is 1. The van der Waals surface area contributed by atoms with E-state index in [0.29, 0.717) is 17.0 Å². The van der Waals surface area contributed by atoms with Crippen LogP contribution in [0.4, 0.5) is 0 Å². The Morgan fingerprint density at radius 2 is 1.85 bits per heavy atom. The zero-order valence-electron chi connectivity index (χ0n) is 19.1. The van der Waals surface area contributed by atoms with Crippen LogP contribution < -0.4 is 0 Å². The van der Waals surface area contributed by atoms with Gasteiger partial charge in [-0.1, -0.05) is 79.2 Å². The van der Waals surface area contributed by atoms with Gasteiger partial charge in [-0.15, -0.1) is 0 Å². The summed E-state index contributed by atoms with van der Waals surface area (Å²) in [4.78, 5) is 10.9. The van der Waals surface area contributed by atoms with E-state index in [4.69, 9.17) is 16.7 Å². The molecule has 3 nitrogen and oxygen atoms in total. The van der Waals surface area contributed by atoms with E-state index in [1.807, 2.05) is 55.5 Å².